The molecule has 2 atom stereocenters. The molecule has 1 aromatic heterocycles. The second-order valence-electron chi connectivity index (χ2n) is 4.39. The first kappa shape index (κ1) is 12.3. The molecule has 0 aliphatic heterocycles. The van der Waals surface area contributed by atoms with Crippen molar-refractivity contribution in [2.24, 2.45) is 0 Å². The van der Waals surface area contributed by atoms with Gasteiger partial charge in [-0.25, -0.2) is 4.98 Å². The van der Waals surface area contributed by atoms with Crippen molar-refractivity contribution in [3.8, 4) is 5.88 Å². The molecule has 1 heterocycles. The van der Waals surface area contributed by atoms with E-state index < -0.39 is 0 Å². The monoisotopic (exact) mass is 237 g/mol. The van der Waals surface area contributed by atoms with E-state index in [1.165, 1.54) is 0 Å². The Bertz CT molecular complexity index is 356. The van der Waals surface area contributed by atoms with Crippen LogP contribution < -0.4 is 4.74 Å². The predicted octanol–water partition coefficient (Wildman–Crippen LogP) is 1.91. The van der Waals surface area contributed by atoms with Crippen LogP contribution in [0.2, 0.25) is 0 Å². The maximum atomic E-state index is 9.01. The van der Waals surface area contributed by atoms with Crippen LogP contribution in [0.3, 0.4) is 0 Å². The van der Waals surface area contributed by atoms with Gasteiger partial charge in [0, 0.05) is 19.6 Å². The number of methoxy groups -OCH3 is 1. The maximum Gasteiger partial charge on any atom is 0.213 e. The number of aromatic nitrogens is 1. The lowest BCUT2D eigenvalue weighted by atomic mass is 9.95. The van der Waals surface area contributed by atoms with Crippen molar-refractivity contribution in [1.82, 2.24) is 4.98 Å². The van der Waals surface area contributed by atoms with Crippen LogP contribution in [-0.2, 0) is 11.3 Å². The van der Waals surface area contributed by atoms with E-state index >= 15 is 0 Å². The molecule has 2 rings (SSSR count). The Kier molecular flexibility index (Phi) is 4.34. The lowest BCUT2D eigenvalue weighted by Crippen LogP contribution is -2.29. The number of hydrogen-bond acceptors (Lipinski definition) is 4. The fourth-order valence-electron chi connectivity index (χ4n) is 2.21. The van der Waals surface area contributed by atoms with Crippen LogP contribution in [0.5, 0.6) is 5.88 Å². The number of aliphatic hydroxyl groups excluding tert-OH is 1. The van der Waals surface area contributed by atoms with Gasteiger partial charge < -0.3 is 14.6 Å². The molecule has 1 fully saturated rings. The molecule has 94 valence electrons. The normalized spacial score (nSPS) is 24.6. The second-order valence-corrected chi connectivity index (χ2v) is 4.39. The number of pyridine rings is 1. The Hall–Kier alpha value is -1.13. The largest absolute Gasteiger partial charge is 0.474 e. The fraction of sp³-hybridized carbons (Fsp3) is 0.615. The fourth-order valence-corrected chi connectivity index (χ4v) is 2.21. The first-order valence-electron chi connectivity index (χ1n) is 6.08. The van der Waals surface area contributed by atoms with Gasteiger partial charge in [-0.3, -0.25) is 0 Å². The molecule has 1 aliphatic rings. The van der Waals surface area contributed by atoms with Gasteiger partial charge in [0.15, 0.2) is 0 Å². The number of nitrogens with zero attached hydrogens (tertiary/aromatic N) is 1. The van der Waals surface area contributed by atoms with Crippen molar-refractivity contribution in [3.63, 3.8) is 0 Å². The molecule has 4 nitrogen and oxygen atoms in total. The topological polar surface area (TPSA) is 51.6 Å². The highest BCUT2D eigenvalue weighted by Gasteiger charge is 2.23. The van der Waals surface area contributed by atoms with Gasteiger partial charge in [-0.2, -0.15) is 0 Å². The summed E-state index contributed by atoms with van der Waals surface area (Å²) in [7, 11) is 1.75. The van der Waals surface area contributed by atoms with Gasteiger partial charge in [0.05, 0.1) is 18.4 Å². The van der Waals surface area contributed by atoms with Crippen LogP contribution in [0, 0.1) is 0 Å². The van der Waals surface area contributed by atoms with Crippen molar-refractivity contribution in [3.05, 3.63) is 23.9 Å². The molecule has 0 amide bonds. The summed E-state index contributed by atoms with van der Waals surface area (Å²) in [5, 5.41) is 9.01. The van der Waals surface area contributed by atoms with E-state index in [9.17, 15) is 0 Å². The first-order valence-corrected chi connectivity index (χ1v) is 6.08. The lowest BCUT2D eigenvalue weighted by Gasteiger charge is -2.28. The molecule has 1 aromatic rings. The Morgan fingerprint density at radius 3 is 2.94 bits per heavy atom. The zero-order chi connectivity index (χ0) is 12.1. The van der Waals surface area contributed by atoms with Gasteiger partial charge >= 0.3 is 0 Å². The number of hydrogen-bond donors (Lipinski definition) is 1. The van der Waals surface area contributed by atoms with E-state index in [0.717, 1.165) is 25.7 Å². The number of aliphatic hydroxyl groups is 1. The second kappa shape index (κ2) is 5.98. The summed E-state index contributed by atoms with van der Waals surface area (Å²) in [5.41, 5.74) is 0.640. The first-order chi connectivity index (χ1) is 8.31. The van der Waals surface area contributed by atoms with Gasteiger partial charge in [-0.05, 0) is 25.3 Å². The van der Waals surface area contributed by atoms with E-state index in [1.54, 1.807) is 13.2 Å². The van der Waals surface area contributed by atoms with Crippen LogP contribution in [0.1, 0.15) is 31.4 Å². The minimum absolute atomic E-state index is 0.0530. The molecular formula is C13H19NO3. The van der Waals surface area contributed by atoms with Gasteiger partial charge in [0.25, 0.3) is 0 Å². The van der Waals surface area contributed by atoms with Crippen LogP contribution in [0.4, 0.5) is 0 Å². The Labute approximate surface area is 102 Å². The summed E-state index contributed by atoms with van der Waals surface area (Å²) in [6.45, 7) is -0.0530. The lowest BCUT2D eigenvalue weighted by molar-refractivity contribution is 0.0194. The molecule has 4 heteroatoms. The molecule has 0 bridgehead atoms. The highest BCUT2D eigenvalue weighted by molar-refractivity contribution is 5.15. The molecule has 1 saturated carbocycles. The summed E-state index contributed by atoms with van der Waals surface area (Å²) in [6.07, 6.45) is 4.68. The van der Waals surface area contributed by atoms with Crippen molar-refractivity contribution < 1.29 is 14.6 Å². The summed E-state index contributed by atoms with van der Waals surface area (Å²) < 4.78 is 11.2. The van der Waals surface area contributed by atoms with E-state index in [2.05, 4.69) is 4.98 Å². The molecule has 1 N–H and O–H groups in total. The molecule has 0 spiro atoms. The van der Waals surface area contributed by atoms with E-state index in [-0.39, 0.29) is 12.7 Å². The summed E-state index contributed by atoms with van der Waals surface area (Å²) >= 11 is 0. The highest BCUT2D eigenvalue weighted by Crippen LogP contribution is 2.24. The number of ether oxygens (including phenoxy) is 2. The molecule has 0 radical (unpaired) electrons. The van der Waals surface area contributed by atoms with Crippen LogP contribution in [0.15, 0.2) is 18.2 Å². The Morgan fingerprint density at radius 1 is 1.35 bits per heavy atom. The third kappa shape index (κ3) is 3.41. The van der Waals surface area contributed by atoms with Crippen molar-refractivity contribution in [1.29, 1.82) is 0 Å². The molecule has 1 aliphatic carbocycles. The number of rotatable bonds is 4. The predicted molar refractivity (Wildman–Crippen MR) is 63.8 cm³/mol. The quantitative estimate of drug-likeness (QED) is 0.869. The third-order valence-electron chi connectivity index (χ3n) is 3.14. The molecule has 0 saturated heterocycles. The molecule has 17 heavy (non-hydrogen) atoms. The van der Waals surface area contributed by atoms with Crippen molar-refractivity contribution in [2.75, 3.05) is 7.11 Å². The molecule has 0 aromatic carbocycles. The SMILES string of the molecule is COC1CCCC(Oc2cccc(CO)n2)C1. The molecule has 2 unspecified atom stereocenters. The summed E-state index contributed by atoms with van der Waals surface area (Å²) in [6, 6.07) is 5.46. The Morgan fingerprint density at radius 2 is 2.18 bits per heavy atom. The maximum absolute atomic E-state index is 9.01. The molecular weight excluding hydrogens is 218 g/mol. The van der Waals surface area contributed by atoms with Crippen LogP contribution in [0.25, 0.3) is 0 Å². The van der Waals surface area contributed by atoms with Crippen LogP contribution >= 0.6 is 0 Å². The van der Waals surface area contributed by atoms with Crippen LogP contribution in [-0.4, -0.2) is 29.4 Å². The minimum Gasteiger partial charge on any atom is -0.474 e. The van der Waals surface area contributed by atoms with Gasteiger partial charge in [0.1, 0.15) is 6.10 Å². The summed E-state index contributed by atoms with van der Waals surface area (Å²) in [4.78, 5) is 4.22. The average molecular weight is 237 g/mol. The Balaban J connectivity index is 1.95. The third-order valence-corrected chi connectivity index (χ3v) is 3.14. The minimum atomic E-state index is -0.0530. The zero-order valence-corrected chi connectivity index (χ0v) is 10.1. The van der Waals surface area contributed by atoms with Crippen molar-refractivity contribution in [2.45, 2.75) is 44.5 Å². The van der Waals surface area contributed by atoms with Crippen molar-refractivity contribution >= 4 is 0 Å². The highest BCUT2D eigenvalue weighted by atomic mass is 16.5. The van der Waals surface area contributed by atoms with E-state index in [0.29, 0.717) is 17.7 Å². The van der Waals surface area contributed by atoms with E-state index in [1.807, 2.05) is 12.1 Å². The van der Waals surface area contributed by atoms with Gasteiger partial charge in [0.2, 0.25) is 5.88 Å². The zero-order valence-electron chi connectivity index (χ0n) is 10.1. The van der Waals surface area contributed by atoms with E-state index in [4.69, 9.17) is 14.6 Å². The average Bonchev–Trinajstić information content (AvgIpc) is 2.39. The smallest absolute Gasteiger partial charge is 0.213 e. The standard InChI is InChI=1S/C13H19NO3/c1-16-11-5-3-6-12(8-11)17-13-7-2-4-10(9-15)14-13/h2,4,7,11-12,15H,3,5-6,8-9H2,1H3. The summed E-state index contributed by atoms with van der Waals surface area (Å²) in [5.74, 6) is 0.596. The van der Waals surface area contributed by atoms with Gasteiger partial charge in [-0.15, -0.1) is 0 Å². The van der Waals surface area contributed by atoms with Gasteiger partial charge in [-0.1, -0.05) is 6.07 Å².